The van der Waals surface area contributed by atoms with Crippen LogP contribution in [0.15, 0.2) is 36.7 Å². The van der Waals surface area contributed by atoms with Crippen molar-refractivity contribution < 1.29 is 9.53 Å². The van der Waals surface area contributed by atoms with Gasteiger partial charge in [-0.3, -0.25) is 4.68 Å². The zero-order valence-electron chi connectivity index (χ0n) is 11.5. The molecule has 2 aromatic rings. The van der Waals surface area contributed by atoms with Gasteiger partial charge in [0.25, 0.3) is 0 Å². The predicted molar refractivity (Wildman–Crippen MR) is 77.5 cm³/mol. The third-order valence-corrected chi connectivity index (χ3v) is 2.90. The largest absolute Gasteiger partial charge is 0.465 e. The standard InChI is InChI=1S/C14H18N4O2/c1-10(9-18-7-3-6-16-18)17-13-8-11(14(19)20-2)4-5-12(13)15/h3-8,10,17H,9,15H2,1-2H3. The van der Waals surface area contributed by atoms with Gasteiger partial charge in [0.1, 0.15) is 0 Å². The molecule has 1 atom stereocenters. The van der Waals surface area contributed by atoms with Crippen LogP contribution in [0.3, 0.4) is 0 Å². The van der Waals surface area contributed by atoms with Crippen molar-refractivity contribution in [3.63, 3.8) is 0 Å². The fourth-order valence-corrected chi connectivity index (χ4v) is 1.93. The van der Waals surface area contributed by atoms with E-state index in [4.69, 9.17) is 10.5 Å². The van der Waals surface area contributed by atoms with Crippen molar-refractivity contribution in [2.75, 3.05) is 18.2 Å². The van der Waals surface area contributed by atoms with Crippen molar-refractivity contribution in [1.29, 1.82) is 0 Å². The van der Waals surface area contributed by atoms with Crippen molar-refractivity contribution in [3.8, 4) is 0 Å². The van der Waals surface area contributed by atoms with E-state index in [2.05, 4.69) is 10.4 Å². The smallest absolute Gasteiger partial charge is 0.337 e. The Labute approximate surface area is 117 Å². The van der Waals surface area contributed by atoms with E-state index in [1.807, 2.05) is 23.9 Å². The average Bonchev–Trinajstić information content (AvgIpc) is 2.93. The van der Waals surface area contributed by atoms with E-state index in [-0.39, 0.29) is 12.0 Å². The van der Waals surface area contributed by atoms with Crippen molar-refractivity contribution in [1.82, 2.24) is 9.78 Å². The Bertz CT molecular complexity index is 581. The van der Waals surface area contributed by atoms with Gasteiger partial charge in [-0.1, -0.05) is 0 Å². The van der Waals surface area contributed by atoms with Crippen LogP contribution in [0.1, 0.15) is 17.3 Å². The monoisotopic (exact) mass is 274 g/mol. The number of hydrogen-bond donors (Lipinski definition) is 2. The molecule has 20 heavy (non-hydrogen) atoms. The Kier molecular flexibility index (Phi) is 4.24. The summed E-state index contributed by atoms with van der Waals surface area (Å²) in [5.74, 6) is -0.382. The van der Waals surface area contributed by atoms with E-state index in [1.165, 1.54) is 7.11 Å². The van der Waals surface area contributed by atoms with Gasteiger partial charge < -0.3 is 15.8 Å². The molecule has 0 fully saturated rings. The molecule has 1 aromatic heterocycles. The normalized spacial score (nSPS) is 11.9. The van der Waals surface area contributed by atoms with E-state index in [9.17, 15) is 4.79 Å². The van der Waals surface area contributed by atoms with Crippen LogP contribution in [0.25, 0.3) is 0 Å². The molecule has 2 rings (SSSR count). The van der Waals surface area contributed by atoms with Crippen molar-refractivity contribution >= 4 is 17.3 Å². The fraction of sp³-hybridized carbons (Fsp3) is 0.286. The summed E-state index contributed by atoms with van der Waals surface area (Å²) in [5.41, 5.74) is 7.69. The lowest BCUT2D eigenvalue weighted by molar-refractivity contribution is 0.0601. The number of nitrogens with one attached hydrogen (secondary N) is 1. The first-order valence-electron chi connectivity index (χ1n) is 6.32. The summed E-state index contributed by atoms with van der Waals surface area (Å²) >= 11 is 0. The van der Waals surface area contributed by atoms with Gasteiger partial charge in [0.15, 0.2) is 0 Å². The van der Waals surface area contributed by atoms with Gasteiger partial charge in [0.05, 0.1) is 30.6 Å². The summed E-state index contributed by atoms with van der Waals surface area (Å²) in [7, 11) is 1.35. The Morgan fingerprint density at radius 2 is 2.35 bits per heavy atom. The maximum absolute atomic E-state index is 11.5. The molecule has 0 radical (unpaired) electrons. The SMILES string of the molecule is COC(=O)c1ccc(N)c(NC(C)Cn2cccn2)c1. The molecule has 1 unspecified atom stereocenters. The highest BCUT2D eigenvalue weighted by molar-refractivity contribution is 5.91. The van der Waals surface area contributed by atoms with Crippen LogP contribution >= 0.6 is 0 Å². The minimum absolute atomic E-state index is 0.116. The Morgan fingerprint density at radius 3 is 3.00 bits per heavy atom. The molecule has 0 amide bonds. The molecule has 0 bridgehead atoms. The number of carbonyl (C=O) groups is 1. The second-order valence-electron chi connectivity index (χ2n) is 4.57. The lowest BCUT2D eigenvalue weighted by atomic mass is 10.1. The zero-order chi connectivity index (χ0) is 14.5. The van der Waals surface area contributed by atoms with Gasteiger partial charge >= 0.3 is 5.97 Å². The van der Waals surface area contributed by atoms with Crippen molar-refractivity contribution in [2.45, 2.75) is 19.5 Å². The van der Waals surface area contributed by atoms with E-state index in [1.54, 1.807) is 24.4 Å². The number of aromatic nitrogens is 2. The lowest BCUT2D eigenvalue weighted by Crippen LogP contribution is -2.23. The molecule has 1 aromatic carbocycles. The molecule has 0 spiro atoms. The predicted octanol–water partition coefficient (Wildman–Crippen LogP) is 1.75. The van der Waals surface area contributed by atoms with Crippen molar-refractivity contribution in [2.24, 2.45) is 0 Å². The number of hydrogen-bond acceptors (Lipinski definition) is 5. The maximum Gasteiger partial charge on any atom is 0.337 e. The topological polar surface area (TPSA) is 82.2 Å². The first-order valence-corrected chi connectivity index (χ1v) is 6.32. The first kappa shape index (κ1) is 13.9. The molecule has 0 aliphatic rings. The minimum Gasteiger partial charge on any atom is -0.465 e. The van der Waals surface area contributed by atoms with Crippen LogP contribution in [-0.4, -0.2) is 28.9 Å². The highest BCUT2D eigenvalue weighted by atomic mass is 16.5. The highest BCUT2D eigenvalue weighted by Crippen LogP contribution is 2.21. The molecular formula is C14H18N4O2. The number of methoxy groups -OCH3 is 1. The zero-order valence-corrected chi connectivity index (χ0v) is 11.5. The number of rotatable bonds is 5. The number of nitrogens with two attached hydrogens (primary N) is 1. The number of carbonyl (C=O) groups excluding carboxylic acids is 1. The maximum atomic E-state index is 11.5. The quantitative estimate of drug-likeness (QED) is 0.641. The van der Waals surface area contributed by atoms with Crippen LogP contribution < -0.4 is 11.1 Å². The second kappa shape index (κ2) is 6.10. The molecule has 0 aliphatic heterocycles. The van der Waals surface area contributed by atoms with E-state index >= 15 is 0 Å². The van der Waals surface area contributed by atoms with E-state index < -0.39 is 0 Å². The van der Waals surface area contributed by atoms with Crippen LogP contribution in [0.5, 0.6) is 0 Å². The Hall–Kier alpha value is -2.50. The van der Waals surface area contributed by atoms with Gasteiger partial charge in [0, 0.05) is 18.4 Å². The summed E-state index contributed by atoms with van der Waals surface area (Å²) in [5, 5.41) is 7.42. The number of anilines is 2. The molecule has 6 heteroatoms. The third-order valence-electron chi connectivity index (χ3n) is 2.90. The van der Waals surface area contributed by atoms with E-state index in [0.717, 1.165) is 0 Å². The molecule has 3 N–H and O–H groups in total. The summed E-state index contributed by atoms with van der Waals surface area (Å²) in [6, 6.07) is 7.02. The molecule has 6 nitrogen and oxygen atoms in total. The summed E-state index contributed by atoms with van der Waals surface area (Å²) in [4.78, 5) is 11.5. The number of benzene rings is 1. The van der Waals surface area contributed by atoms with Gasteiger partial charge in [-0.2, -0.15) is 5.10 Å². The Balaban J connectivity index is 2.09. The van der Waals surface area contributed by atoms with Crippen LogP contribution in [0.2, 0.25) is 0 Å². The number of nitrogens with zero attached hydrogens (tertiary/aromatic N) is 2. The Morgan fingerprint density at radius 1 is 1.55 bits per heavy atom. The molecule has 0 aliphatic carbocycles. The van der Waals surface area contributed by atoms with Crippen LogP contribution in [0.4, 0.5) is 11.4 Å². The first-order chi connectivity index (χ1) is 9.60. The molecule has 1 heterocycles. The number of nitrogen functional groups attached to an aromatic ring is 1. The summed E-state index contributed by atoms with van der Waals surface area (Å²) in [6.45, 7) is 2.72. The van der Waals surface area contributed by atoms with Gasteiger partial charge in [-0.05, 0) is 31.2 Å². The van der Waals surface area contributed by atoms with Gasteiger partial charge in [-0.15, -0.1) is 0 Å². The summed E-state index contributed by atoms with van der Waals surface area (Å²) < 4.78 is 6.53. The second-order valence-corrected chi connectivity index (χ2v) is 4.57. The van der Waals surface area contributed by atoms with Gasteiger partial charge in [-0.25, -0.2) is 4.79 Å². The highest BCUT2D eigenvalue weighted by Gasteiger charge is 2.10. The summed E-state index contributed by atoms with van der Waals surface area (Å²) in [6.07, 6.45) is 3.63. The molecule has 0 saturated carbocycles. The molecule has 0 saturated heterocycles. The third kappa shape index (κ3) is 3.28. The fourth-order valence-electron chi connectivity index (χ4n) is 1.93. The lowest BCUT2D eigenvalue weighted by Gasteiger charge is -2.17. The van der Waals surface area contributed by atoms with Crippen LogP contribution in [-0.2, 0) is 11.3 Å². The van der Waals surface area contributed by atoms with Gasteiger partial charge in [0.2, 0.25) is 0 Å². The molecular weight excluding hydrogens is 256 g/mol. The van der Waals surface area contributed by atoms with Crippen molar-refractivity contribution in [3.05, 3.63) is 42.2 Å². The minimum atomic E-state index is -0.382. The number of ether oxygens (including phenoxy) is 1. The molecule has 106 valence electrons. The van der Waals surface area contributed by atoms with Crippen LogP contribution in [0, 0.1) is 0 Å². The average molecular weight is 274 g/mol. The van der Waals surface area contributed by atoms with E-state index in [0.29, 0.717) is 23.5 Å². The number of esters is 1.